The van der Waals surface area contributed by atoms with Gasteiger partial charge in [-0.3, -0.25) is 9.59 Å². The van der Waals surface area contributed by atoms with E-state index in [1.165, 1.54) is 38.2 Å². The maximum Gasteiger partial charge on any atom is 0.246 e. The molecule has 2 heterocycles. The number of anilines is 2. The first-order valence-electron chi connectivity index (χ1n) is 9.82. The number of nitrogens with one attached hydrogen (secondary N) is 1. The highest BCUT2D eigenvalue weighted by Crippen LogP contribution is 2.37. The highest BCUT2D eigenvalue weighted by atomic mass is 32.2. The molecule has 0 bridgehead atoms. The van der Waals surface area contributed by atoms with E-state index in [1.54, 1.807) is 24.3 Å². The van der Waals surface area contributed by atoms with E-state index in [1.807, 2.05) is 0 Å². The fourth-order valence-electron chi connectivity index (χ4n) is 3.58. The van der Waals surface area contributed by atoms with Crippen molar-refractivity contribution in [1.29, 1.82) is 0 Å². The van der Waals surface area contributed by atoms with Crippen LogP contribution in [0, 0.1) is 5.92 Å². The molecule has 4 rings (SSSR count). The van der Waals surface area contributed by atoms with E-state index in [4.69, 9.17) is 14.2 Å². The molecule has 1 N–H and O–H groups in total. The molecule has 1 atom stereocenters. The molecule has 0 spiro atoms. The van der Waals surface area contributed by atoms with Gasteiger partial charge in [0.1, 0.15) is 10.6 Å². The SMILES string of the molecule is COc1ccc(NC(=O)C2CC(=O)N(c3ccc4c(c3)OCO4)C2)cc1S(=O)(=O)N(C)C. The second-order valence-electron chi connectivity index (χ2n) is 7.59. The number of carbonyl (C=O) groups is 2. The fraction of sp³-hybridized carbons (Fsp3) is 0.333. The average molecular weight is 461 g/mol. The highest BCUT2D eigenvalue weighted by molar-refractivity contribution is 7.89. The Morgan fingerprint density at radius 1 is 1.16 bits per heavy atom. The molecule has 0 radical (unpaired) electrons. The summed E-state index contributed by atoms with van der Waals surface area (Å²) in [6.45, 7) is 0.328. The van der Waals surface area contributed by atoms with E-state index < -0.39 is 15.9 Å². The third-order valence-electron chi connectivity index (χ3n) is 5.35. The molecule has 0 aromatic heterocycles. The minimum absolute atomic E-state index is 0.0410. The summed E-state index contributed by atoms with van der Waals surface area (Å²) in [7, 11) is 0.412. The Morgan fingerprint density at radius 3 is 2.62 bits per heavy atom. The number of rotatable bonds is 6. The number of sulfonamides is 1. The summed E-state index contributed by atoms with van der Waals surface area (Å²) < 4.78 is 42.1. The van der Waals surface area contributed by atoms with Crippen molar-refractivity contribution in [2.75, 3.05) is 44.8 Å². The molecule has 2 aromatic carbocycles. The van der Waals surface area contributed by atoms with Gasteiger partial charge in [-0.2, -0.15) is 0 Å². The van der Waals surface area contributed by atoms with E-state index >= 15 is 0 Å². The number of benzene rings is 2. The Morgan fingerprint density at radius 2 is 1.91 bits per heavy atom. The van der Waals surface area contributed by atoms with Gasteiger partial charge in [0.05, 0.1) is 13.0 Å². The normalized spacial score (nSPS) is 17.7. The molecular weight excluding hydrogens is 438 g/mol. The lowest BCUT2D eigenvalue weighted by Crippen LogP contribution is -2.28. The molecule has 2 aliphatic rings. The first-order valence-corrected chi connectivity index (χ1v) is 11.3. The van der Waals surface area contributed by atoms with E-state index in [2.05, 4.69) is 5.32 Å². The van der Waals surface area contributed by atoms with Gasteiger partial charge in [0.25, 0.3) is 0 Å². The fourth-order valence-corrected chi connectivity index (χ4v) is 4.66. The van der Waals surface area contributed by atoms with Gasteiger partial charge in [-0.1, -0.05) is 0 Å². The zero-order valence-electron chi connectivity index (χ0n) is 17.8. The van der Waals surface area contributed by atoms with Gasteiger partial charge >= 0.3 is 0 Å². The van der Waals surface area contributed by atoms with Gasteiger partial charge in [0.2, 0.25) is 28.6 Å². The van der Waals surface area contributed by atoms with Crippen LogP contribution in [0.2, 0.25) is 0 Å². The van der Waals surface area contributed by atoms with E-state index in [0.29, 0.717) is 22.9 Å². The van der Waals surface area contributed by atoms with Crippen LogP contribution in [0.1, 0.15) is 6.42 Å². The quantitative estimate of drug-likeness (QED) is 0.696. The van der Waals surface area contributed by atoms with Crippen LogP contribution < -0.4 is 24.4 Å². The van der Waals surface area contributed by atoms with Gasteiger partial charge in [0, 0.05) is 44.5 Å². The molecule has 10 nitrogen and oxygen atoms in total. The smallest absolute Gasteiger partial charge is 0.246 e. The van der Waals surface area contributed by atoms with E-state index in [-0.39, 0.29) is 42.2 Å². The molecule has 2 aromatic rings. The first kappa shape index (κ1) is 21.9. The number of hydrogen-bond acceptors (Lipinski definition) is 7. The van der Waals surface area contributed by atoms with Gasteiger partial charge in [-0.05, 0) is 30.3 Å². The number of fused-ring (bicyclic) bond motifs is 1. The second-order valence-corrected chi connectivity index (χ2v) is 9.71. The van der Waals surface area contributed by atoms with Crippen LogP contribution in [-0.2, 0) is 19.6 Å². The number of nitrogens with zero attached hydrogens (tertiary/aromatic N) is 2. The maximum atomic E-state index is 12.8. The predicted molar refractivity (Wildman–Crippen MR) is 116 cm³/mol. The van der Waals surface area contributed by atoms with Crippen molar-refractivity contribution in [3.8, 4) is 17.2 Å². The van der Waals surface area contributed by atoms with Crippen LogP contribution in [0.5, 0.6) is 17.2 Å². The topological polar surface area (TPSA) is 114 Å². The summed E-state index contributed by atoms with van der Waals surface area (Å²) in [5.74, 6) is 0.175. The van der Waals surface area contributed by atoms with Crippen molar-refractivity contribution in [3.05, 3.63) is 36.4 Å². The number of carbonyl (C=O) groups excluding carboxylic acids is 2. The number of hydrogen-bond donors (Lipinski definition) is 1. The molecular formula is C21H23N3O7S. The van der Waals surface area contributed by atoms with E-state index in [0.717, 1.165) is 4.31 Å². The highest BCUT2D eigenvalue weighted by Gasteiger charge is 2.36. The summed E-state index contributed by atoms with van der Waals surface area (Å²) >= 11 is 0. The Hall–Kier alpha value is -3.31. The molecule has 170 valence electrons. The monoisotopic (exact) mass is 461 g/mol. The summed E-state index contributed by atoms with van der Waals surface area (Å²) in [5, 5.41) is 2.72. The molecule has 11 heteroatoms. The van der Waals surface area contributed by atoms with Crippen LogP contribution in [0.4, 0.5) is 11.4 Å². The Bertz CT molecular complexity index is 1180. The van der Waals surface area contributed by atoms with Crippen LogP contribution in [0.15, 0.2) is 41.3 Å². The molecule has 0 saturated carbocycles. The third-order valence-corrected chi connectivity index (χ3v) is 7.19. The minimum atomic E-state index is -3.78. The zero-order valence-corrected chi connectivity index (χ0v) is 18.6. The van der Waals surface area contributed by atoms with Crippen molar-refractivity contribution < 1.29 is 32.2 Å². The Labute approximate surface area is 185 Å². The van der Waals surface area contributed by atoms with Crippen LogP contribution in [0.25, 0.3) is 0 Å². The van der Waals surface area contributed by atoms with Crippen molar-refractivity contribution in [1.82, 2.24) is 4.31 Å². The van der Waals surface area contributed by atoms with Gasteiger partial charge in [-0.15, -0.1) is 0 Å². The summed E-state index contributed by atoms with van der Waals surface area (Å²) in [5.41, 5.74) is 0.920. The maximum absolute atomic E-state index is 12.8. The molecule has 2 aliphatic heterocycles. The lowest BCUT2D eigenvalue weighted by molar-refractivity contribution is -0.122. The van der Waals surface area contributed by atoms with Crippen molar-refractivity contribution >= 4 is 33.2 Å². The molecule has 1 saturated heterocycles. The summed E-state index contributed by atoms with van der Waals surface area (Å²) in [6.07, 6.45) is 0.0410. The summed E-state index contributed by atoms with van der Waals surface area (Å²) in [4.78, 5) is 26.9. The molecule has 2 amide bonds. The largest absolute Gasteiger partial charge is 0.495 e. The molecule has 1 fully saturated rings. The lowest BCUT2D eigenvalue weighted by Gasteiger charge is -2.18. The van der Waals surface area contributed by atoms with Crippen LogP contribution in [0.3, 0.4) is 0 Å². The van der Waals surface area contributed by atoms with Crippen molar-refractivity contribution in [2.45, 2.75) is 11.3 Å². The van der Waals surface area contributed by atoms with Gasteiger partial charge in [0.15, 0.2) is 11.5 Å². The van der Waals surface area contributed by atoms with Gasteiger partial charge in [-0.25, -0.2) is 12.7 Å². The van der Waals surface area contributed by atoms with Gasteiger partial charge < -0.3 is 24.4 Å². The first-order chi connectivity index (χ1) is 15.2. The van der Waals surface area contributed by atoms with Crippen molar-refractivity contribution in [3.63, 3.8) is 0 Å². The Balaban J connectivity index is 1.51. The Kier molecular flexibility index (Phi) is 5.70. The van der Waals surface area contributed by atoms with Crippen molar-refractivity contribution in [2.24, 2.45) is 5.92 Å². The average Bonchev–Trinajstić information content (AvgIpc) is 3.39. The zero-order chi connectivity index (χ0) is 23.0. The second kappa shape index (κ2) is 8.32. The van der Waals surface area contributed by atoms with Crippen LogP contribution in [-0.4, -0.2) is 59.1 Å². The predicted octanol–water partition coefficient (Wildman–Crippen LogP) is 1.67. The molecule has 32 heavy (non-hydrogen) atoms. The van der Waals surface area contributed by atoms with E-state index in [9.17, 15) is 18.0 Å². The lowest BCUT2D eigenvalue weighted by atomic mass is 10.1. The number of methoxy groups -OCH3 is 1. The molecule has 1 unspecified atom stereocenters. The third kappa shape index (κ3) is 3.96. The molecule has 0 aliphatic carbocycles. The standard InChI is InChI=1S/C21H23N3O7S/c1-23(2)32(27,28)19-9-14(4-6-17(19)29-3)22-21(26)13-8-20(25)24(11-13)15-5-7-16-18(10-15)31-12-30-16/h4-7,9-10,13H,8,11-12H2,1-3H3,(H,22,26). The number of ether oxygens (including phenoxy) is 3. The minimum Gasteiger partial charge on any atom is -0.495 e. The van der Waals surface area contributed by atoms with Crippen LogP contribution >= 0.6 is 0 Å². The number of amides is 2. The summed E-state index contributed by atoms with van der Waals surface area (Å²) in [6, 6.07) is 9.55.